The van der Waals surface area contributed by atoms with Gasteiger partial charge in [0, 0.05) is 6.42 Å². The third-order valence-corrected chi connectivity index (χ3v) is 0.991. The summed E-state index contributed by atoms with van der Waals surface area (Å²) in [6, 6.07) is 0. The summed E-state index contributed by atoms with van der Waals surface area (Å²) in [7, 11) is 0. The van der Waals surface area contributed by atoms with Crippen molar-refractivity contribution in [2.24, 2.45) is 0 Å². The summed E-state index contributed by atoms with van der Waals surface area (Å²) in [4.78, 5) is 9.91. The summed E-state index contributed by atoms with van der Waals surface area (Å²) in [6.07, 6.45) is -3.10. The highest BCUT2D eigenvalue weighted by molar-refractivity contribution is 5.71. The van der Waals surface area contributed by atoms with E-state index in [1.165, 1.54) is 0 Å². The van der Waals surface area contributed by atoms with Crippen molar-refractivity contribution < 1.29 is 25.2 Å². The van der Waals surface area contributed by atoms with Crippen molar-refractivity contribution in [2.75, 3.05) is 6.61 Å². The van der Waals surface area contributed by atoms with E-state index in [9.17, 15) is 4.79 Å². The molecule has 0 spiro atoms. The van der Waals surface area contributed by atoms with Crippen molar-refractivity contribution in [3.05, 3.63) is 0 Å². The predicted molar refractivity (Wildman–Crippen MR) is 31.4 cm³/mol. The summed E-state index contributed by atoms with van der Waals surface area (Å²) in [5, 5.41) is 33.5. The standard InChI is InChI=1S/C5H10O5/c6-2-3(7)1-4(8)5(9)10/h3-4,6-8H,1-2H2,(H,9,10)/t3-,4-/m1/s1. The number of aliphatic hydroxyl groups is 3. The Kier molecular flexibility index (Phi) is 3.94. The molecule has 0 amide bonds. The van der Waals surface area contributed by atoms with Crippen LogP contribution in [0.25, 0.3) is 0 Å². The lowest BCUT2D eigenvalue weighted by Gasteiger charge is -2.08. The second-order valence-electron chi connectivity index (χ2n) is 1.93. The number of aliphatic hydroxyl groups excluding tert-OH is 3. The number of carboxylic acid groups (broad SMARTS) is 1. The predicted octanol–water partition coefficient (Wildman–Crippen LogP) is -1.82. The highest BCUT2D eigenvalue weighted by Gasteiger charge is 2.16. The Morgan fingerprint density at radius 1 is 1.40 bits per heavy atom. The molecule has 2 atom stereocenters. The van der Waals surface area contributed by atoms with E-state index in [0.29, 0.717) is 0 Å². The van der Waals surface area contributed by atoms with Gasteiger partial charge in [0.2, 0.25) is 0 Å². The molecule has 60 valence electrons. The van der Waals surface area contributed by atoms with Crippen LogP contribution in [-0.2, 0) is 4.79 Å². The zero-order chi connectivity index (χ0) is 8.15. The van der Waals surface area contributed by atoms with Crippen molar-refractivity contribution >= 4 is 5.97 Å². The molecule has 0 aliphatic heterocycles. The summed E-state index contributed by atoms with van der Waals surface area (Å²) < 4.78 is 0. The van der Waals surface area contributed by atoms with Crippen LogP contribution in [0.1, 0.15) is 6.42 Å². The molecule has 0 aromatic carbocycles. The monoisotopic (exact) mass is 150 g/mol. The minimum Gasteiger partial charge on any atom is -0.479 e. The van der Waals surface area contributed by atoms with E-state index in [1.807, 2.05) is 0 Å². The second-order valence-corrected chi connectivity index (χ2v) is 1.93. The smallest absolute Gasteiger partial charge is 0.332 e. The normalized spacial score (nSPS) is 16.3. The Hall–Kier alpha value is -0.650. The summed E-state index contributed by atoms with van der Waals surface area (Å²) in [5.41, 5.74) is 0. The van der Waals surface area contributed by atoms with Crippen LogP contribution in [0, 0.1) is 0 Å². The van der Waals surface area contributed by atoms with Gasteiger partial charge >= 0.3 is 5.97 Å². The molecule has 0 rings (SSSR count). The number of aliphatic carboxylic acids is 1. The van der Waals surface area contributed by atoms with Crippen LogP contribution in [0.5, 0.6) is 0 Å². The number of carbonyl (C=O) groups is 1. The molecular formula is C5H10O5. The first-order valence-corrected chi connectivity index (χ1v) is 2.77. The fraction of sp³-hybridized carbons (Fsp3) is 0.800. The van der Waals surface area contributed by atoms with Crippen LogP contribution in [0.4, 0.5) is 0 Å². The molecule has 0 aliphatic carbocycles. The lowest BCUT2D eigenvalue weighted by atomic mass is 10.2. The van der Waals surface area contributed by atoms with Gasteiger partial charge in [0.25, 0.3) is 0 Å². The fourth-order valence-electron chi connectivity index (χ4n) is 0.433. The zero-order valence-corrected chi connectivity index (χ0v) is 5.27. The van der Waals surface area contributed by atoms with Crippen molar-refractivity contribution in [3.8, 4) is 0 Å². The average molecular weight is 150 g/mol. The molecule has 0 fully saturated rings. The van der Waals surface area contributed by atoms with Crippen molar-refractivity contribution in [1.82, 2.24) is 0 Å². The molecule has 0 heterocycles. The van der Waals surface area contributed by atoms with E-state index in [1.54, 1.807) is 0 Å². The minimum absolute atomic E-state index is 0.341. The van der Waals surface area contributed by atoms with Crippen LogP contribution in [-0.4, -0.2) is 45.2 Å². The zero-order valence-electron chi connectivity index (χ0n) is 5.27. The van der Waals surface area contributed by atoms with Crippen molar-refractivity contribution in [1.29, 1.82) is 0 Å². The van der Waals surface area contributed by atoms with E-state index >= 15 is 0 Å². The maximum Gasteiger partial charge on any atom is 0.332 e. The van der Waals surface area contributed by atoms with Gasteiger partial charge in [0.05, 0.1) is 12.7 Å². The summed E-state index contributed by atoms with van der Waals surface area (Å²) in [6.45, 7) is -0.537. The van der Waals surface area contributed by atoms with E-state index in [4.69, 9.17) is 20.4 Å². The van der Waals surface area contributed by atoms with Gasteiger partial charge in [-0.2, -0.15) is 0 Å². The van der Waals surface area contributed by atoms with Crippen LogP contribution in [0.15, 0.2) is 0 Å². The van der Waals surface area contributed by atoms with Gasteiger partial charge in [0.1, 0.15) is 0 Å². The minimum atomic E-state index is -1.60. The summed E-state index contributed by atoms with van der Waals surface area (Å²) >= 11 is 0. The molecule has 0 aliphatic rings. The van der Waals surface area contributed by atoms with E-state index in [0.717, 1.165) is 0 Å². The quantitative estimate of drug-likeness (QED) is 0.378. The molecular weight excluding hydrogens is 140 g/mol. The van der Waals surface area contributed by atoms with E-state index in [2.05, 4.69) is 0 Å². The van der Waals surface area contributed by atoms with Gasteiger partial charge in [-0.15, -0.1) is 0 Å². The van der Waals surface area contributed by atoms with Crippen molar-refractivity contribution in [2.45, 2.75) is 18.6 Å². The van der Waals surface area contributed by atoms with Gasteiger partial charge in [-0.05, 0) is 0 Å². The number of hydrogen-bond donors (Lipinski definition) is 4. The van der Waals surface area contributed by atoms with Gasteiger partial charge in [0.15, 0.2) is 6.10 Å². The molecule has 0 saturated carbocycles. The number of hydrogen-bond acceptors (Lipinski definition) is 4. The molecule has 0 aromatic rings. The third-order valence-electron chi connectivity index (χ3n) is 0.991. The first-order chi connectivity index (χ1) is 4.57. The average Bonchev–Trinajstić information content (AvgIpc) is 1.87. The van der Waals surface area contributed by atoms with Crippen molar-refractivity contribution in [3.63, 3.8) is 0 Å². The fourth-order valence-corrected chi connectivity index (χ4v) is 0.433. The molecule has 0 bridgehead atoms. The maximum absolute atomic E-state index is 9.91. The Morgan fingerprint density at radius 2 is 1.90 bits per heavy atom. The molecule has 10 heavy (non-hydrogen) atoms. The van der Waals surface area contributed by atoms with E-state index < -0.39 is 24.8 Å². The van der Waals surface area contributed by atoms with Crippen LogP contribution < -0.4 is 0 Å². The Balaban J connectivity index is 3.56. The Labute approximate surface area is 57.5 Å². The Bertz CT molecular complexity index is 113. The van der Waals surface area contributed by atoms with Gasteiger partial charge in [-0.3, -0.25) is 0 Å². The molecule has 5 nitrogen and oxygen atoms in total. The topological polar surface area (TPSA) is 98.0 Å². The molecule has 5 heteroatoms. The first-order valence-electron chi connectivity index (χ1n) is 2.77. The van der Waals surface area contributed by atoms with Gasteiger partial charge in [-0.1, -0.05) is 0 Å². The van der Waals surface area contributed by atoms with Crippen LogP contribution in [0.2, 0.25) is 0 Å². The number of rotatable bonds is 4. The molecule has 0 saturated heterocycles. The lowest BCUT2D eigenvalue weighted by Crippen LogP contribution is -2.27. The number of carboxylic acids is 1. The lowest BCUT2D eigenvalue weighted by molar-refractivity contribution is -0.148. The SMILES string of the molecule is O=C(O)[C@H](O)C[C@@H](O)CO. The van der Waals surface area contributed by atoms with E-state index in [-0.39, 0.29) is 6.42 Å². The molecule has 0 unspecified atom stereocenters. The van der Waals surface area contributed by atoms with Crippen LogP contribution in [0.3, 0.4) is 0 Å². The summed E-state index contributed by atoms with van der Waals surface area (Å²) in [5.74, 6) is -1.40. The molecule has 4 N–H and O–H groups in total. The highest BCUT2D eigenvalue weighted by atomic mass is 16.4. The maximum atomic E-state index is 9.91. The largest absolute Gasteiger partial charge is 0.479 e. The van der Waals surface area contributed by atoms with Gasteiger partial charge < -0.3 is 20.4 Å². The van der Waals surface area contributed by atoms with Crippen LogP contribution >= 0.6 is 0 Å². The Morgan fingerprint density at radius 3 is 2.20 bits per heavy atom. The highest BCUT2D eigenvalue weighted by Crippen LogP contribution is 1.96. The first kappa shape index (κ1) is 9.35. The third kappa shape index (κ3) is 3.39. The molecule has 0 aromatic heterocycles. The molecule has 0 radical (unpaired) electrons. The second kappa shape index (κ2) is 4.21. The van der Waals surface area contributed by atoms with Gasteiger partial charge in [-0.25, -0.2) is 4.79 Å².